The van der Waals surface area contributed by atoms with E-state index in [0.29, 0.717) is 5.02 Å². The van der Waals surface area contributed by atoms with Crippen molar-refractivity contribution < 1.29 is 4.79 Å². The van der Waals surface area contributed by atoms with Crippen LogP contribution in [0.1, 0.15) is 41.0 Å². The molecule has 3 aromatic rings. The van der Waals surface area contributed by atoms with Crippen LogP contribution < -0.4 is 5.32 Å². The quantitative estimate of drug-likeness (QED) is 0.602. The van der Waals surface area contributed by atoms with Gasteiger partial charge in [-0.1, -0.05) is 73.1 Å². The number of rotatable bonds is 2. The zero-order valence-corrected chi connectivity index (χ0v) is 15.8. The van der Waals surface area contributed by atoms with Gasteiger partial charge in [0.2, 0.25) is 5.91 Å². The van der Waals surface area contributed by atoms with Gasteiger partial charge in [-0.3, -0.25) is 4.79 Å². The highest BCUT2D eigenvalue weighted by molar-refractivity contribution is 6.30. The van der Waals surface area contributed by atoms with Crippen LogP contribution in [0.15, 0.2) is 72.8 Å². The summed E-state index contributed by atoms with van der Waals surface area (Å²) in [5.74, 6) is 0.565. The normalized spacial score (nSPS) is 24.8. The lowest BCUT2D eigenvalue weighted by atomic mass is 9.54. The van der Waals surface area contributed by atoms with Crippen molar-refractivity contribution in [3.63, 3.8) is 0 Å². The second-order valence-corrected chi connectivity index (χ2v) is 8.03. The SMILES string of the molecule is C[C@H]1C2c3ccccc3C(c3ccccc32)[C@@H]1C(=O)Nc1cccc(Cl)c1. The van der Waals surface area contributed by atoms with Crippen molar-refractivity contribution in [1.82, 2.24) is 0 Å². The number of fused-ring (bicyclic) bond motifs is 1. The first-order valence-corrected chi connectivity index (χ1v) is 9.77. The van der Waals surface area contributed by atoms with E-state index in [4.69, 9.17) is 11.6 Å². The lowest BCUT2D eigenvalue weighted by Crippen LogP contribution is -2.44. The summed E-state index contributed by atoms with van der Waals surface area (Å²) in [5, 5.41) is 3.73. The molecule has 1 amide bonds. The van der Waals surface area contributed by atoms with Gasteiger partial charge in [-0.05, 0) is 46.4 Å². The lowest BCUT2D eigenvalue weighted by Gasteiger charge is -2.49. The maximum Gasteiger partial charge on any atom is 0.228 e. The number of benzene rings is 3. The first-order chi connectivity index (χ1) is 13.1. The van der Waals surface area contributed by atoms with Gasteiger partial charge in [0.1, 0.15) is 0 Å². The molecule has 0 aliphatic heterocycles. The van der Waals surface area contributed by atoms with E-state index < -0.39 is 0 Å². The summed E-state index contributed by atoms with van der Waals surface area (Å²) < 4.78 is 0. The summed E-state index contributed by atoms with van der Waals surface area (Å²) in [4.78, 5) is 13.3. The second-order valence-electron chi connectivity index (χ2n) is 7.60. The van der Waals surface area contributed by atoms with E-state index in [9.17, 15) is 4.79 Å². The maximum absolute atomic E-state index is 13.3. The Morgan fingerprint density at radius 3 is 1.93 bits per heavy atom. The summed E-state index contributed by atoms with van der Waals surface area (Å²) in [6.07, 6.45) is 0. The largest absolute Gasteiger partial charge is 0.326 e. The molecule has 3 aromatic carbocycles. The topological polar surface area (TPSA) is 29.1 Å². The minimum absolute atomic E-state index is 0.0729. The fourth-order valence-corrected chi connectivity index (χ4v) is 5.33. The Kier molecular flexibility index (Phi) is 3.84. The molecule has 27 heavy (non-hydrogen) atoms. The second kappa shape index (κ2) is 6.24. The molecule has 6 rings (SSSR count). The molecule has 0 heterocycles. The molecule has 0 fully saturated rings. The number of carbonyl (C=O) groups excluding carboxylic acids is 1. The molecule has 134 valence electrons. The number of hydrogen-bond donors (Lipinski definition) is 1. The molecule has 0 aromatic heterocycles. The van der Waals surface area contributed by atoms with Crippen LogP contribution >= 0.6 is 11.6 Å². The third kappa shape index (κ3) is 2.51. The van der Waals surface area contributed by atoms with Gasteiger partial charge in [-0.15, -0.1) is 0 Å². The van der Waals surface area contributed by atoms with Crippen LogP contribution in [0.5, 0.6) is 0 Å². The molecule has 2 bridgehead atoms. The number of nitrogens with one attached hydrogen (secondary N) is 1. The average molecular weight is 374 g/mol. The summed E-state index contributed by atoms with van der Waals surface area (Å²) in [7, 11) is 0. The summed E-state index contributed by atoms with van der Waals surface area (Å²) in [5.41, 5.74) is 6.10. The molecular formula is C24H20ClNO. The molecule has 0 saturated heterocycles. The first kappa shape index (κ1) is 16.6. The Morgan fingerprint density at radius 1 is 0.815 bits per heavy atom. The highest BCUT2D eigenvalue weighted by Gasteiger charge is 2.50. The Labute approximate surface area is 164 Å². The third-order valence-electron chi connectivity index (χ3n) is 6.18. The van der Waals surface area contributed by atoms with Gasteiger partial charge in [-0.25, -0.2) is 0 Å². The van der Waals surface area contributed by atoms with Crippen LogP contribution in [0.25, 0.3) is 0 Å². The Bertz CT molecular complexity index is 996. The van der Waals surface area contributed by atoms with Gasteiger partial charge in [0.05, 0.1) is 5.92 Å². The molecule has 2 nitrogen and oxygen atoms in total. The zero-order valence-electron chi connectivity index (χ0n) is 15.0. The lowest BCUT2D eigenvalue weighted by molar-refractivity contribution is -0.122. The first-order valence-electron chi connectivity index (χ1n) is 9.39. The molecule has 0 unspecified atom stereocenters. The number of amides is 1. The van der Waals surface area contributed by atoms with Crippen LogP contribution in [0.4, 0.5) is 5.69 Å². The standard InChI is InChI=1S/C24H20ClNO/c1-14-21-17-9-2-4-11-19(17)23(20-12-5-3-10-18(20)21)22(14)24(27)26-16-8-6-7-15(25)13-16/h2-14,21-23H,1H3,(H,26,27)/t14-,21?,22+,23?/m0/s1. The van der Waals surface area contributed by atoms with Gasteiger partial charge in [0, 0.05) is 22.5 Å². The van der Waals surface area contributed by atoms with Crippen molar-refractivity contribution >= 4 is 23.2 Å². The zero-order chi connectivity index (χ0) is 18.5. The maximum atomic E-state index is 13.3. The predicted octanol–water partition coefficient (Wildman–Crippen LogP) is 5.82. The van der Waals surface area contributed by atoms with Crippen molar-refractivity contribution in [1.29, 1.82) is 0 Å². The van der Waals surface area contributed by atoms with E-state index in [1.165, 1.54) is 22.3 Å². The minimum atomic E-state index is -0.0984. The fraction of sp³-hybridized carbons (Fsp3) is 0.208. The van der Waals surface area contributed by atoms with Crippen molar-refractivity contribution in [3.8, 4) is 0 Å². The van der Waals surface area contributed by atoms with E-state index in [2.05, 4.69) is 60.8 Å². The number of anilines is 1. The molecule has 3 aliphatic carbocycles. The van der Waals surface area contributed by atoms with Crippen molar-refractivity contribution in [2.75, 3.05) is 5.32 Å². The summed E-state index contributed by atoms with van der Waals surface area (Å²) in [6.45, 7) is 2.21. The van der Waals surface area contributed by atoms with Gasteiger partial charge >= 0.3 is 0 Å². The van der Waals surface area contributed by atoms with Crippen LogP contribution in [0.2, 0.25) is 5.02 Å². The minimum Gasteiger partial charge on any atom is -0.326 e. The molecule has 0 saturated carbocycles. The predicted molar refractivity (Wildman–Crippen MR) is 109 cm³/mol. The molecular weight excluding hydrogens is 354 g/mol. The Balaban J connectivity index is 1.60. The van der Waals surface area contributed by atoms with Gasteiger partial charge < -0.3 is 5.32 Å². The van der Waals surface area contributed by atoms with Gasteiger partial charge in [0.25, 0.3) is 0 Å². The molecule has 1 N–H and O–H groups in total. The van der Waals surface area contributed by atoms with Crippen LogP contribution in [-0.2, 0) is 4.79 Å². The van der Waals surface area contributed by atoms with Crippen LogP contribution in [-0.4, -0.2) is 5.91 Å². The van der Waals surface area contributed by atoms with Crippen molar-refractivity contribution in [3.05, 3.63) is 100 Å². The molecule has 2 atom stereocenters. The molecule has 3 aliphatic rings. The number of hydrogen-bond acceptors (Lipinski definition) is 1. The smallest absolute Gasteiger partial charge is 0.228 e. The molecule has 0 radical (unpaired) electrons. The Morgan fingerprint density at radius 2 is 1.37 bits per heavy atom. The van der Waals surface area contributed by atoms with E-state index in [1.807, 2.05) is 18.2 Å². The van der Waals surface area contributed by atoms with Crippen LogP contribution in [0.3, 0.4) is 0 Å². The fourth-order valence-electron chi connectivity index (χ4n) is 5.14. The average Bonchev–Trinajstić information content (AvgIpc) is 2.68. The number of carbonyl (C=O) groups is 1. The van der Waals surface area contributed by atoms with Gasteiger partial charge in [0.15, 0.2) is 0 Å². The van der Waals surface area contributed by atoms with E-state index in [0.717, 1.165) is 5.69 Å². The van der Waals surface area contributed by atoms with Crippen molar-refractivity contribution in [2.24, 2.45) is 11.8 Å². The summed E-state index contributed by atoms with van der Waals surface area (Å²) >= 11 is 6.09. The molecule has 0 spiro atoms. The number of halogens is 1. The highest BCUT2D eigenvalue weighted by Crippen LogP contribution is 2.58. The van der Waals surface area contributed by atoms with E-state index in [-0.39, 0.29) is 29.6 Å². The van der Waals surface area contributed by atoms with E-state index in [1.54, 1.807) is 6.07 Å². The highest BCUT2D eigenvalue weighted by atomic mass is 35.5. The Hall–Kier alpha value is -2.58. The third-order valence-corrected chi connectivity index (χ3v) is 6.41. The molecule has 3 heteroatoms. The van der Waals surface area contributed by atoms with Crippen molar-refractivity contribution in [2.45, 2.75) is 18.8 Å². The monoisotopic (exact) mass is 373 g/mol. The summed E-state index contributed by atoms with van der Waals surface area (Å²) in [6, 6.07) is 24.6. The van der Waals surface area contributed by atoms with E-state index >= 15 is 0 Å². The van der Waals surface area contributed by atoms with Gasteiger partial charge in [-0.2, -0.15) is 0 Å². The van der Waals surface area contributed by atoms with Crippen LogP contribution in [0, 0.1) is 11.8 Å².